The van der Waals surface area contributed by atoms with Gasteiger partial charge in [0.15, 0.2) is 0 Å². The molecular weight excluding hydrogens is 239 g/mol. The fourth-order valence-corrected chi connectivity index (χ4v) is 1.36. The molecule has 2 N–H and O–H groups in total. The molecule has 98 valence electrons. The zero-order valence-electron chi connectivity index (χ0n) is 10.4. The molecule has 0 aliphatic rings. The Labute approximate surface area is 104 Å². The number of hydrogen-bond donors (Lipinski definition) is 2. The minimum atomic E-state index is -1.11. The highest BCUT2D eigenvalue weighted by Gasteiger charge is 2.21. The molecule has 2 amide bonds. The number of carboxylic acids is 1. The lowest BCUT2D eigenvalue weighted by Crippen LogP contribution is -2.42. The Morgan fingerprint density at radius 2 is 2.00 bits per heavy atom. The summed E-state index contributed by atoms with van der Waals surface area (Å²) in [6.45, 7) is 3.08. The summed E-state index contributed by atoms with van der Waals surface area (Å²) in [6.07, 6.45) is 0. The van der Waals surface area contributed by atoms with Crippen LogP contribution in [-0.2, 0) is 4.79 Å². The number of urea groups is 1. The molecule has 1 aromatic rings. The van der Waals surface area contributed by atoms with Gasteiger partial charge in [0.1, 0.15) is 11.9 Å². The molecule has 0 bridgehead atoms. The van der Waals surface area contributed by atoms with Crippen molar-refractivity contribution < 1.29 is 19.1 Å². The Balaban J connectivity index is 2.78. The van der Waals surface area contributed by atoms with E-state index in [1.54, 1.807) is 13.0 Å². The summed E-state index contributed by atoms with van der Waals surface area (Å²) in [4.78, 5) is 23.5. The quantitative estimate of drug-likeness (QED) is 0.867. The van der Waals surface area contributed by atoms with Gasteiger partial charge in [-0.25, -0.2) is 14.0 Å². The van der Waals surface area contributed by atoms with E-state index in [0.717, 1.165) is 4.90 Å². The number of likely N-dealkylation sites (N-methyl/N-ethyl adjacent to an activating group) is 1. The third kappa shape index (κ3) is 3.44. The fourth-order valence-electron chi connectivity index (χ4n) is 1.36. The van der Waals surface area contributed by atoms with E-state index in [1.165, 1.54) is 26.1 Å². The van der Waals surface area contributed by atoms with Crippen LogP contribution in [0.3, 0.4) is 0 Å². The van der Waals surface area contributed by atoms with Crippen molar-refractivity contribution in [2.45, 2.75) is 19.9 Å². The molecule has 0 aromatic heterocycles. The molecule has 0 spiro atoms. The molecule has 1 unspecified atom stereocenters. The summed E-state index contributed by atoms with van der Waals surface area (Å²) in [6, 6.07) is 2.54. The summed E-state index contributed by atoms with van der Waals surface area (Å²) < 4.78 is 13.1. The molecule has 1 atom stereocenters. The highest BCUT2D eigenvalue weighted by Crippen LogP contribution is 2.14. The first kappa shape index (κ1) is 14.0. The summed E-state index contributed by atoms with van der Waals surface area (Å²) in [5, 5.41) is 11.2. The van der Waals surface area contributed by atoms with E-state index < -0.39 is 23.9 Å². The Hall–Kier alpha value is -2.11. The molecule has 1 aromatic carbocycles. The lowest BCUT2D eigenvalue weighted by atomic mass is 10.2. The third-order valence-corrected chi connectivity index (χ3v) is 2.55. The number of carboxylic acid groups (broad SMARTS) is 1. The molecule has 0 aliphatic carbocycles. The Morgan fingerprint density at radius 1 is 1.39 bits per heavy atom. The van der Waals surface area contributed by atoms with Crippen molar-refractivity contribution in [3.8, 4) is 0 Å². The van der Waals surface area contributed by atoms with Crippen LogP contribution in [0.25, 0.3) is 0 Å². The number of rotatable bonds is 3. The zero-order valence-corrected chi connectivity index (χ0v) is 10.4. The van der Waals surface area contributed by atoms with Crippen LogP contribution in [0, 0.1) is 12.7 Å². The molecule has 5 nitrogen and oxygen atoms in total. The van der Waals surface area contributed by atoms with Crippen LogP contribution in [0.15, 0.2) is 18.2 Å². The number of halogens is 1. The van der Waals surface area contributed by atoms with Gasteiger partial charge in [0, 0.05) is 12.7 Å². The maximum Gasteiger partial charge on any atom is 0.326 e. The Kier molecular flexibility index (Phi) is 4.25. The Bertz CT molecular complexity index is 456. The molecule has 1 rings (SSSR count). The van der Waals surface area contributed by atoms with Crippen molar-refractivity contribution in [3.63, 3.8) is 0 Å². The lowest BCUT2D eigenvalue weighted by Gasteiger charge is -2.21. The van der Waals surface area contributed by atoms with Gasteiger partial charge >= 0.3 is 12.0 Å². The number of carbonyl (C=O) groups excluding carboxylic acids is 1. The average Bonchev–Trinajstić information content (AvgIpc) is 2.25. The minimum Gasteiger partial charge on any atom is -0.480 e. The first-order chi connectivity index (χ1) is 8.31. The SMILES string of the molecule is Cc1cc(F)cc(NC(=O)N(C)C(C)C(=O)O)c1. The molecule has 0 radical (unpaired) electrons. The third-order valence-electron chi connectivity index (χ3n) is 2.55. The maximum atomic E-state index is 13.1. The van der Waals surface area contributed by atoms with Crippen LogP contribution < -0.4 is 5.32 Å². The van der Waals surface area contributed by atoms with Gasteiger partial charge in [0.05, 0.1) is 0 Å². The van der Waals surface area contributed by atoms with Crippen LogP contribution in [0.1, 0.15) is 12.5 Å². The van der Waals surface area contributed by atoms with E-state index in [2.05, 4.69) is 5.32 Å². The van der Waals surface area contributed by atoms with E-state index >= 15 is 0 Å². The van der Waals surface area contributed by atoms with Gasteiger partial charge in [0.25, 0.3) is 0 Å². The highest BCUT2D eigenvalue weighted by atomic mass is 19.1. The molecule has 0 saturated heterocycles. The second-order valence-electron chi connectivity index (χ2n) is 4.07. The first-order valence-electron chi connectivity index (χ1n) is 5.35. The standard InChI is InChI=1S/C12H15FN2O3/c1-7-4-9(13)6-10(5-7)14-12(18)15(3)8(2)11(16)17/h4-6,8H,1-3H3,(H,14,18)(H,16,17). The van der Waals surface area contributed by atoms with Gasteiger partial charge in [0.2, 0.25) is 0 Å². The maximum absolute atomic E-state index is 13.1. The highest BCUT2D eigenvalue weighted by molar-refractivity contribution is 5.92. The van der Waals surface area contributed by atoms with Gasteiger partial charge in [-0.05, 0) is 37.6 Å². The van der Waals surface area contributed by atoms with Gasteiger partial charge < -0.3 is 15.3 Å². The second-order valence-corrected chi connectivity index (χ2v) is 4.07. The van der Waals surface area contributed by atoms with Gasteiger partial charge in [-0.1, -0.05) is 0 Å². The lowest BCUT2D eigenvalue weighted by molar-refractivity contribution is -0.141. The number of hydrogen-bond acceptors (Lipinski definition) is 2. The predicted molar refractivity (Wildman–Crippen MR) is 65.0 cm³/mol. The molecule has 6 heteroatoms. The van der Waals surface area contributed by atoms with Crippen molar-refractivity contribution >= 4 is 17.7 Å². The first-order valence-corrected chi connectivity index (χ1v) is 5.35. The zero-order chi connectivity index (χ0) is 13.9. The molecule has 0 saturated carbocycles. The molecule has 0 aliphatic heterocycles. The number of carbonyl (C=O) groups is 2. The summed E-state index contributed by atoms with van der Waals surface area (Å²) >= 11 is 0. The average molecular weight is 254 g/mol. The van der Waals surface area contributed by atoms with Crippen molar-refractivity contribution in [3.05, 3.63) is 29.6 Å². The number of benzene rings is 1. The predicted octanol–water partition coefficient (Wildman–Crippen LogP) is 2.07. The summed E-state index contributed by atoms with van der Waals surface area (Å²) in [5.41, 5.74) is 0.959. The van der Waals surface area contributed by atoms with Crippen molar-refractivity contribution in [2.75, 3.05) is 12.4 Å². The normalized spacial score (nSPS) is 11.8. The van der Waals surface area contributed by atoms with E-state index in [4.69, 9.17) is 5.11 Å². The smallest absolute Gasteiger partial charge is 0.326 e. The second kappa shape index (κ2) is 5.48. The number of nitrogens with zero attached hydrogens (tertiary/aromatic N) is 1. The summed E-state index contributed by atoms with van der Waals surface area (Å²) in [7, 11) is 1.36. The van der Waals surface area contributed by atoms with Gasteiger partial charge in [-0.2, -0.15) is 0 Å². The number of amides is 2. The molecule has 0 fully saturated rings. The molecular formula is C12H15FN2O3. The van der Waals surface area contributed by atoms with Crippen LogP contribution in [-0.4, -0.2) is 35.1 Å². The Morgan fingerprint density at radius 3 is 2.50 bits per heavy atom. The largest absolute Gasteiger partial charge is 0.480 e. The van der Waals surface area contributed by atoms with E-state index in [-0.39, 0.29) is 0 Å². The van der Waals surface area contributed by atoms with Crippen molar-refractivity contribution in [1.82, 2.24) is 4.90 Å². The van der Waals surface area contributed by atoms with Crippen LogP contribution in [0.2, 0.25) is 0 Å². The van der Waals surface area contributed by atoms with Gasteiger partial charge in [-0.3, -0.25) is 0 Å². The topological polar surface area (TPSA) is 69.6 Å². The van der Waals surface area contributed by atoms with Crippen LogP contribution in [0.4, 0.5) is 14.9 Å². The van der Waals surface area contributed by atoms with Crippen molar-refractivity contribution in [2.24, 2.45) is 0 Å². The van der Waals surface area contributed by atoms with E-state index in [9.17, 15) is 14.0 Å². The van der Waals surface area contributed by atoms with Gasteiger partial charge in [-0.15, -0.1) is 0 Å². The minimum absolute atomic E-state index is 0.293. The number of aliphatic carboxylic acids is 1. The number of anilines is 1. The van der Waals surface area contributed by atoms with E-state index in [1.807, 2.05) is 0 Å². The monoisotopic (exact) mass is 254 g/mol. The van der Waals surface area contributed by atoms with Crippen molar-refractivity contribution in [1.29, 1.82) is 0 Å². The van der Waals surface area contributed by atoms with E-state index in [0.29, 0.717) is 11.3 Å². The number of aryl methyl sites for hydroxylation is 1. The van der Waals surface area contributed by atoms with Crippen LogP contribution >= 0.6 is 0 Å². The summed E-state index contributed by atoms with van der Waals surface area (Å²) in [5.74, 6) is -1.57. The number of nitrogens with one attached hydrogen (secondary N) is 1. The molecule has 18 heavy (non-hydrogen) atoms. The van der Waals surface area contributed by atoms with Crippen LogP contribution in [0.5, 0.6) is 0 Å². The fraction of sp³-hybridized carbons (Fsp3) is 0.333. The molecule has 0 heterocycles.